The van der Waals surface area contributed by atoms with Crippen molar-refractivity contribution in [2.45, 2.75) is 0 Å². The van der Waals surface area contributed by atoms with E-state index in [1.807, 2.05) is 66.7 Å². The Morgan fingerprint density at radius 3 is 1.73 bits per heavy atom. The average Bonchev–Trinajstić information content (AvgIpc) is 3.69. The summed E-state index contributed by atoms with van der Waals surface area (Å²) in [6, 6.07) is 32.8. The minimum Gasteiger partial charge on any atom is -0.456 e. The molecule has 0 aliphatic rings. The minimum atomic E-state index is -0.658. The van der Waals surface area contributed by atoms with E-state index in [-0.39, 0.29) is 45.6 Å². The molecule has 0 N–H and O–H groups in total. The fourth-order valence-electron chi connectivity index (χ4n) is 6.95. The van der Waals surface area contributed by atoms with Crippen LogP contribution in [0, 0.1) is 0 Å². The highest BCUT2D eigenvalue weighted by Gasteiger charge is 2.18. The van der Waals surface area contributed by atoms with Crippen molar-refractivity contribution < 1.29 is 19.5 Å². The largest absolute Gasteiger partial charge is 0.456 e. The van der Waals surface area contributed by atoms with Crippen molar-refractivity contribution >= 4 is 54.3 Å². The van der Waals surface area contributed by atoms with Crippen molar-refractivity contribution in [1.82, 2.24) is 0 Å². The van der Waals surface area contributed by atoms with Crippen LogP contribution in [0.3, 0.4) is 0 Å². The number of benzene rings is 9. The van der Waals surface area contributed by atoms with E-state index in [0.29, 0.717) is 5.56 Å². The number of hydrogen-bond acceptors (Lipinski definition) is 1. The summed E-state index contributed by atoms with van der Waals surface area (Å²) in [4.78, 5) is 0. The molecule has 10 aromatic rings. The molecule has 0 bridgehead atoms. The monoisotopic (exact) mass is 633 g/mol. The van der Waals surface area contributed by atoms with Gasteiger partial charge in [-0.05, 0) is 113 Å². The Morgan fingerprint density at radius 1 is 0.347 bits per heavy atom. The van der Waals surface area contributed by atoms with Crippen LogP contribution in [-0.2, 0) is 0 Å². The first kappa shape index (κ1) is 18.8. The van der Waals surface area contributed by atoms with Gasteiger partial charge in [0.25, 0.3) is 0 Å². The first-order chi connectivity index (χ1) is 28.9. The van der Waals surface area contributed by atoms with E-state index >= 15 is 0 Å². The lowest BCUT2D eigenvalue weighted by atomic mass is 9.85. The molecule has 49 heavy (non-hydrogen) atoms. The Balaban J connectivity index is 1.25. The van der Waals surface area contributed by atoms with Crippen LogP contribution in [0.2, 0.25) is 0 Å². The summed E-state index contributed by atoms with van der Waals surface area (Å²) in [5.41, 5.74) is 3.35. The molecule has 9 aromatic carbocycles. The predicted molar refractivity (Wildman–Crippen MR) is 208 cm³/mol. The van der Waals surface area contributed by atoms with Gasteiger partial charge < -0.3 is 4.42 Å². The first-order valence-corrected chi connectivity index (χ1v) is 15.9. The summed E-state index contributed by atoms with van der Waals surface area (Å²) in [7, 11) is 0. The minimum absolute atomic E-state index is 0.0269. The van der Waals surface area contributed by atoms with Crippen molar-refractivity contribution in [1.29, 1.82) is 0 Å². The van der Waals surface area contributed by atoms with E-state index in [0.717, 1.165) is 54.6 Å². The zero-order valence-electron chi connectivity index (χ0n) is 36.9. The molecule has 0 unspecified atom stereocenters. The maximum absolute atomic E-state index is 9.77. The van der Waals surface area contributed by atoms with Gasteiger partial charge in [-0.2, -0.15) is 0 Å². The number of furan rings is 1. The highest BCUT2D eigenvalue weighted by Crippen LogP contribution is 2.45. The smallest absolute Gasteiger partial charge is 0.136 e. The molecule has 0 amide bonds. The van der Waals surface area contributed by atoms with Crippen LogP contribution >= 0.6 is 0 Å². The third-order valence-electron chi connectivity index (χ3n) is 9.18. The highest BCUT2D eigenvalue weighted by atomic mass is 16.3. The maximum atomic E-state index is 9.77. The van der Waals surface area contributed by atoms with Crippen molar-refractivity contribution in [2.24, 2.45) is 0 Å². The summed E-state index contributed by atoms with van der Waals surface area (Å²) in [6.45, 7) is 0. The molecule has 1 heterocycles. The Morgan fingerprint density at radius 2 is 0.980 bits per heavy atom. The second-order valence-electron chi connectivity index (χ2n) is 12.0. The molecule has 0 radical (unpaired) electrons. The molecule has 0 atom stereocenters. The molecule has 0 spiro atoms. The first-order valence-electron chi connectivity index (χ1n) is 21.4. The second-order valence-corrected chi connectivity index (χ2v) is 12.0. The topological polar surface area (TPSA) is 13.1 Å². The summed E-state index contributed by atoms with van der Waals surface area (Å²) in [5.74, 6) is 0. The van der Waals surface area contributed by atoms with Gasteiger partial charge >= 0.3 is 0 Å². The molecule has 1 heteroatoms. The molecule has 1 aromatic heterocycles. The lowest BCUT2D eigenvalue weighted by Crippen LogP contribution is -1.91. The zero-order chi connectivity index (χ0) is 41.9. The van der Waals surface area contributed by atoms with Gasteiger partial charge in [0, 0.05) is 10.8 Å². The van der Waals surface area contributed by atoms with Crippen LogP contribution in [0.25, 0.3) is 98.8 Å². The van der Waals surface area contributed by atoms with Crippen LogP contribution in [0.15, 0.2) is 186 Å². The van der Waals surface area contributed by atoms with Gasteiger partial charge in [-0.25, -0.2) is 0 Å². The third kappa shape index (κ3) is 4.55. The molecule has 228 valence electrons. The van der Waals surface area contributed by atoms with E-state index < -0.39 is 59.5 Å². The lowest BCUT2D eigenvalue weighted by Gasteiger charge is -2.18. The molecule has 0 fully saturated rings. The average molecular weight is 634 g/mol. The summed E-state index contributed by atoms with van der Waals surface area (Å²) in [5, 5.41) is 5.33. The van der Waals surface area contributed by atoms with E-state index in [1.165, 1.54) is 0 Å². The fourth-order valence-corrected chi connectivity index (χ4v) is 6.95. The number of fused-ring (bicyclic) bond motifs is 6. The zero-order valence-corrected chi connectivity index (χ0v) is 25.9. The lowest BCUT2D eigenvalue weighted by molar-refractivity contribution is 0.669. The van der Waals surface area contributed by atoms with Crippen LogP contribution in [0.1, 0.15) is 15.1 Å². The van der Waals surface area contributed by atoms with Crippen molar-refractivity contribution in [3.8, 4) is 44.5 Å². The normalized spacial score (nSPS) is 14.8. The van der Waals surface area contributed by atoms with Crippen molar-refractivity contribution in [3.05, 3.63) is 182 Å². The molecule has 0 saturated heterocycles. The van der Waals surface area contributed by atoms with Gasteiger partial charge in [0.1, 0.15) is 11.2 Å². The molecule has 0 aliphatic carbocycles. The Bertz CT molecular complexity index is 3430. The molecule has 1 nitrogen and oxygen atoms in total. The predicted octanol–water partition coefficient (Wildman–Crippen LogP) is 13.7. The SMILES string of the molecule is [2H]c1c([2H])c([2H])c(-c2c([2H])c([2H])c3c(oc4c([2H])c([2H])c(-c5c6ccccc6c(-c6cccc(-c7ccc8ccccc8c7)c6)c6ccccc56)c([2H])c43)c2[2H])c([2H])c1[2H]. The number of rotatable bonds is 4. The van der Waals surface area contributed by atoms with Crippen LogP contribution in [0.4, 0.5) is 0 Å². The van der Waals surface area contributed by atoms with Gasteiger partial charge in [-0.1, -0.05) is 145 Å². The van der Waals surface area contributed by atoms with Crippen LogP contribution in [-0.4, -0.2) is 0 Å². The number of hydrogen-bond donors (Lipinski definition) is 0. The van der Waals surface area contributed by atoms with Gasteiger partial charge in [0.2, 0.25) is 0 Å². The van der Waals surface area contributed by atoms with Crippen molar-refractivity contribution in [2.75, 3.05) is 0 Å². The van der Waals surface area contributed by atoms with E-state index in [1.54, 1.807) is 0 Å². The third-order valence-corrected chi connectivity index (χ3v) is 9.18. The quantitative estimate of drug-likeness (QED) is 0.176. The molecular formula is C48H30O. The maximum Gasteiger partial charge on any atom is 0.136 e. The Kier molecular flexibility index (Phi) is 4.25. The fraction of sp³-hybridized carbons (Fsp3) is 0. The highest BCUT2D eigenvalue weighted by molar-refractivity contribution is 6.22. The molecule has 10 rings (SSSR count). The summed E-state index contributed by atoms with van der Waals surface area (Å²) >= 11 is 0. The molecular weight excluding hydrogens is 593 g/mol. The summed E-state index contributed by atoms with van der Waals surface area (Å²) in [6.07, 6.45) is 0. The van der Waals surface area contributed by atoms with Gasteiger partial charge in [-0.15, -0.1) is 0 Å². The summed E-state index contributed by atoms with van der Waals surface area (Å²) < 4.78 is 103. The van der Waals surface area contributed by atoms with Crippen LogP contribution in [0.5, 0.6) is 0 Å². The van der Waals surface area contributed by atoms with Gasteiger partial charge in [-0.3, -0.25) is 0 Å². The van der Waals surface area contributed by atoms with E-state index in [2.05, 4.69) is 48.5 Å². The standard InChI is InChI=1S/C48H30O/c1-2-11-31(12-3-1)36-23-25-39-44-29-38(24-26-45(44)49-46(39)30-36)48-42-19-8-6-17-40(42)47(41-18-7-9-20-43(41)48)37-16-10-15-34(28-37)35-22-21-32-13-4-5-14-33(32)27-35/h1-30H/i1D,2D,3D,11D,12D,23D,24D,25D,26D,29D,30D. The second kappa shape index (κ2) is 11.1. The van der Waals surface area contributed by atoms with Crippen molar-refractivity contribution in [3.63, 3.8) is 0 Å². The Labute approximate surface area is 299 Å². The van der Waals surface area contributed by atoms with E-state index in [9.17, 15) is 6.85 Å². The Hall–Kier alpha value is -6.44. The van der Waals surface area contributed by atoms with Crippen LogP contribution < -0.4 is 0 Å². The van der Waals surface area contributed by atoms with E-state index in [4.69, 9.17) is 12.6 Å². The molecule has 0 aliphatic heterocycles. The van der Waals surface area contributed by atoms with Gasteiger partial charge in [0.05, 0.1) is 15.1 Å². The van der Waals surface area contributed by atoms with Gasteiger partial charge in [0.15, 0.2) is 0 Å². The molecule has 0 saturated carbocycles.